The lowest BCUT2D eigenvalue weighted by atomic mass is 10.1. The van der Waals surface area contributed by atoms with E-state index in [1.807, 2.05) is 0 Å². The third-order valence-electron chi connectivity index (χ3n) is 1.68. The van der Waals surface area contributed by atoms with Crippen LogP contribution in [0.5, 0.6) is 0 Å². The zero-order valence-electron chi connectivity index (χ0n) is 7.05. The molecule has 0 aliphatic rings. The summed E-state index contributed by atoms with van der Waals surface area (Å²) in [4.78, 5) is 10.6. The van der Waals surface area contributed by atoms with Gasteiger partial charge in [0.25, 0.3) is 0 Å². The zero-order valence-corrected chi connectivity index (χ0v) is 8.56. The van der Waals surface area contributed by atoms with Crippen LogP contribution < -0.4 is 0 Å². The van der Waals surface area contributed by atoms with E-state index in [-0.39, 0.29) is 0 Å². The molecule has 1 rings (SSSR count). The maximum absolute atomic E-state index is 10.6. The molecule has 0 amide bonds. The number of carbonyl (C=O) groups is 1. The smallest absolute Gasteiger partial charge is 0.150 e. The van der Waals surface area contributed by atoms with E-state index in [2.05, 4.69) is 0 Å². The fraction of sp³-hybridized carbons (Fsp3) is 0.100. The van der Waals surface area contributed by atoms with Crippen molar-refractivity contribution in [3.05, 3.63) is 39.9 Å². The normalized spacial score (nSPS) is 11.5. The largest absolute Gasteiger partial charge is 0.298 e. The monoisotopic (exact) mass is 214 g/mol. The summed E-state index contributed by atoms with van der Waals surface area (Å²) in [6, 6.07) is 5.05. The Labute approximate surface area is 87.0 Å². The highest BCUT2D eigenvalue weighted by Crippen LogP contribution is 2.25. The van der Waals surface area contributed by atoms with E-state index in [1.165, 1.54) is 0 Å². The van der Waals surface area contributed by atoms with Gasteiger partial charge >= 0.3 is 0 Å². The predicted molar refractivity (Wildman–Crippen MR) is 56.2 cm³/mol. The van der Waals surface area contributed by atoms with Crippen molar-refractivity contribution in [3.8, 4) is 0 Å². The van der Waals surface area contributed by atoms with Crippen LogP contribution in [-0.2, 0) is 4.79 Å². The van der Waals surface area contributed by atoms with Gasteiger partial charge in [0, 0.05) is 21.2 Å². The first-order chi connectivity index (χ1) is 6.19. The van der Waals surface area contributed by atoms with E-state index in [4.69, 9.17) is 23.2 Å². The van der Waals surface area contributed by atoms with Gasteiger partial charge in [-0.3, -0.25) is 4.79 Å². The molecule has 0 saturated carbocycles. The standard InChI is InChI=1S/C10H8Cl2O/c1-2-7(6-13)9-4-3-8(11)5-10(9)12/h2-6H,1H3. The molecule has 0 N–H and O–H groups in total. The van der Waals surface area contributed by atoms with E-state index in [0.29, 0.717) is 21.2 Å². The lowest BCUT2D eigenvalue weighted by Gasteiger charge is -2.02. The van der Waals surface area contributed by atoms with Gasteiger partial charge in [-0.25, -0.2) is 0 Å². The average molecular weight is 215 g/mol. The Hall–Kier alpha value is -0.790. The molecule has 0 bridgehead atoms. The van der Waals surface area contributed by atoms with Crippen LogP contribution in [0.25, 0.3) is 5.57 Å². The molecule has 1 nitrogen and oxygen atoms in total. The first kappa shape index (κ1) is 10.3. The van der Waals surface area contributed by atoms with Crippen molar-refractivity contribution in [2.45, 2.75) is 6.92 Å². The van der Waals surface area contributed by atoms with E-state index < -0.39 is 0 Å². The zero-order chi connectivity index (χ0) is 9.84. The molecular formula is C10H8Cl2O. The number of carbonyl (C=O) groups excluding carboxylic acids is 1. The van der Waals surface area contributed by atoms with Gasteiger partial charge in [-0.2, -0.15) is 0 Å². The summed E-state index contributed by atoms with van der Waals surface area (Å²) in [5.74, 6) is 0. The summed E-state index contributed by atoms with van der Waals surface area (Å²) in [5.41, 5.74) is 1.28. The predicted octanol–water partition coefficient (Wildman–Crippen LogP) is 3.60. The molecule has 0 fully saturated rings. The Morgan fingerprint density at radius 2 is 2.08 bits per heavy atom. The fourth-order valence-electron chi connectivity index (χ4n) is 1.01. The van der Waals surface area contributed by atoms with Gasteiger partial charge in [0.2, 0.25) is 0 Å². The molecular weight excluding hydrogens is 207 g/mol. The first-order valence-corrected chi connectivity index (χ1v) is 4.51. The van der Waals surface area contributed by atoms with Crippen molar-refractivity contribution in [1.29, 1.82) is 0 Å². The van der Waals surface area contributed by atoms with Gasteiger partial charge in [0.1, 0.15) is 6.29 Å². The number of hydrogen-bond donors (Lipinski definition) is 0. The number of hydrogen-bond acceptors (Lipinski definition) is 1. The molecule has 0 aliphatic heterocycles. The third-order valence-corrected chi connectivity index (χ3v) is 2.23. The summed E-state index contributed by atoms with van der Waals surface area (Å²) in [5, 5.41) is 1.06. The van der Waals surface area contributed by atoms with Crippen molar-refractivity contribution in [2.24, 2.45) is 0 Å². The maximum atomic E-state index is 10.6. The number of rotatable bonds is 2. The van der Waals surface area contributed by atoms with Crippen LogP contribution in [-0.4, -0.2) is 6.29 Å². The van der Waals surface area contributed by atoms with E-state index in [0.717, 1.165) is 6.29 Å². The highest BCUT2D eigenvalue weighted by molar-refractivity contribution is 6.36. The number of aldehydes is 1. The van der Waals surface area contributed by atoms with Crippen molar-refractivity contribution >= 4 is 35.1 Å². The number of benzene rings is 1. The van der Waals surface area contributed by atoms with Gasteiger partial charge in [-0.1, -0.05) is 35.3 Å². The molecule has 1 aromatic rings. The molecule has 68 valence electrons. The van der Waals surface area contributed by atoms with Crippen molar-refractivity contribution < 1.29 is 4.79 Å². The third kappa shape index (κ3) is 2.33. The molecule has 3 heteroatoms. The SMILES string of the molecule is CC=C(C=O)c1ccc(Cl)cc1Cl. The molecule has 0 atom stereocenters. The van der Waals surface area contributed by atoms with Crippen LogP contribution in [0.1, 0.15) is 12.5 Å². The first-order valence-electron chi connectivity index (χ1n) is 3.76. The molecule has 0 aromatic heterocycles. The Kier molecular flexibility index (Phi) is 3.52. The quantitative estimate of drug-likeness (QED) is 0.544. The molecule has 0 radical (unpaired) electrons. The fourth-order valence-corrected chi connectivity index (χ4v) is 1.53. The molecule has 0 aliphatic carbocycles. The minimum absolute atomic E-state index is 0.493. The lowest BCUT2D eigenvalue weighted by Crippen LogP contribution is -1.86. The van der Waals surface area contributed by atoms with Crippen molar-refractivity contribution in [1.82, 2.24) is 0 Å². The Bertz CT molecular complexity index is 356. The van der Waals surface area contributed by atoms with E-state index in [9.17, 15) is 4.79 Å². The van der Waals surface area contributed by atoms with Crippen LogP contribution in [0.3, 0.4) is 0 Å². The second-order valence-corrected chi connectivity index (χ2v) is 3.33. The van der Waals surface area contributed by atoms with Crippen molar-refractivity contribution in [2.75, 3.05) is 0 Å². The van der Waals surface area contributed by atoms with E-state index in [1.54, 1.807) is 31.2 Å². The van der Waals surface area contributed by atoms with Crippen LogP contribution in [0.4, 0.5) is 0 Å². The summed E-state index contributed by atoms with van der Waals surface area (Å²) < 4.78 is 0. The second kappa shape index (κ2) is 4.45. The Morgan fingerprint density at radius 3 is 2.54 bits per heavy atom. The maximum Gasteiger partial charge on any atom is 0.150 e. The van der Waals surface area contributed by atoms with E-state index >= 15 is 0 Å². The summed E-state index contributed by atoms with van der Waals surface area (Å²) in [6.45, 7) is 1.79. The summed E-state index contributed by atoms with van der Waals surface area (Å²) >= 11 is 11.6. The topological polar surface area (TPSA) is 17.1 Å². The molecule has 0 unspecified atom stereocenters. The molecule has 13 heavy (non-hydrogen) atoms. The van der Waals surface area contributed by atoms with Crippen LogP contribution in [0, 0.1) is 0 Å². The van der Waals surface area contributed by atoms with Crippen LogP contribution in [0.2, 0.25) is 10.0 Å². The number of halogens is 2. The van der Waals surface area contributed by atoms with Gasteiger partial charge in [-0.05, 0) is 19.1 Å². The average Bonchev–Trinajstić information content (AvgIpc) is 2.10. The van der Waals surface area contributed by atoms with Crippen LogP contribution >= 0.6 is 23.2 Å². The molecule has 1 aromatic carbocycles. The molecule has 0 spiro atoms. The van der Waals surface area contributed by atoms with Crippen LogP contribution in [0.15, 0.2) is 24.3 Å². The minimum Gasteiger partial charge on any atom is -0.298 e. The van der Waals surface area contributed by atoms with Gasteiger partial charge < -0.3 is 0 Å². The molecule has 0 saturated heterocycles. The van der Waals surface area contributed by atoms with Gasteiger partial charge in [0.15, 0.2) is 0 Å². The number of allylic oxidation sites excluding steroid dienone is 2. The summed E-state index contributed by atoms with van der Waals surface area (Å²) in [6.07, 6.45) is 2.48. The highest BCUT2D eigenvalue weighted by Gasteiger charge is 2.04. The highest BCUT2D eigenvalue weighted by atomic mass is 35.5. The molecule has 0 heterocycles. The Morgan fingerprint density at radius 1 is 1.38 bits per heavy atom. The second-order valence-electron chi connectivity index (χ2n) is 2.49. The summed E-state index contributed by atoms with van der Waals surface area (Å²) in [7, 11) is 0. The Balaban J connectivity index is 3.22. The van der Waals surface area contributed by atoms with Crippen molar-refractivity contribution in [3.63, 3.8) is 0 Å². The van der Waals surface area contributed by atoms with Gasteiger partial charge in [0.05, 0.1) is 0 Å². The lowest BCUT2D eigenvalue weighted by molar-refractivity contribution is -0.103. The minimum atomic E-state index is 0.493. The van der Waals surface area contributed by atoms with Gasteiger partial charge in [-0.15, -0.1) is 0 Å².